The maximum absolute atomic E-state index is 13.4. The van der Waals surface area contributed by atoms with Crippen molar-refractivity contribution in [2.75, 3.05) is 31.1 Å². The fraction of sp³-hybridized carbons (Fsp3) is 0.400. The minimum absolute atomic E-state index is 0.307. The number of carbonyl (C=O) groups excluding carboxylic acids is 1. The van der Waals surface area contributed by atoms with Crippen LogP contribution in [0.3, 0.4) is 0 Å². The van der Waals surface area contributed by atoms with Crippen molar-refractivity contribution in [2.24, 2.45) is 0 Å². The maximum Gasteiger partial charge on any atom is 0.410 e. The van der Waals surface area contributed by atoms with E-state index in [-0.39, 0.29) is 6.09 Å². The number of nitrogens with zero attached hydrogens (tertiary/aromatic N) is 3. The molecule has 2 heterocycles. The number of piperazine rings is 1. The first-order valence-corrected chi connectivity index (χ1v) is 8.87. The van der Waals surface area contributed by atoms with Gasteiger partial charge in [-0.2, -0.15) is 0 Å². The van der Waals surface area contributed by atoms with Crippen molar-refractivity contribution in [2.45, 2.75) is 26.4 Å². The molecule has 0 aliphatic carbocycles. The van der Waals surface area contributed by atoms with Gasteiger partial charge in [0.05, 0.1) is 0 Å². The SMILES string of the molecule is CC(C)(C)OC(=O)N1CCN(c2ccc(-c3cc(F)cc(F)c3)cn2)CC1. The highest BCUT2D eigenvalue weighted by atomic mass is 19.1. The molecule has 1 amide bonds. The van der Waals surface area contributed by atoms with Crippen LogP contribution in [0.4, 0.5) is 19.4 Å². The van der Waals surface area contributed by atoms with E-state index in [1.54, 1.807) is 17.2 Å². The summed E-state index contributed by atoms with van der Waals surface area (Å²) in [7, 11) is 0. The lowest BCUT2D eigenvalue weighted by molar-refractivity contribution is 0.0240. The third-order valence-corrected chi connectivity index (χ3v) is 4.20. The molecule has 1 aliphatic heterocycles. The first-order chi connectivity index (χ1) is 12.7. The predicted octanol–water partition coefficient (Wildman–Crippen LogP) is 4.08. The van der Waals surface area contributed by atoms with Crippen LogP contribution in [0.5, 0.6) is 0 Å². The van der Waals surface area contributed by atoms with Gasteiger partial charge in [0.2, 0.25) is 0 Å². The standard InChI is InChI=1S/C20H23F2N3O2/c1-20(2,3)27-19(26)25-8-6-24(7-9-25)18-5-4-14(13-23-18)15-10-16(21)12-17(22)11-15/h4-5,10-13H,6-9H2,1-3H3. The van der Waals surface area contributed by atoms with Gasteiger partial charge in [0.25, 0.3) is 0 Å². The molecule has 0 spiro atoms. The molecule has 0 bridgehead atoms. The zero-order chi connectivity index (χ0) is 19.6. The highest BCUT2D eigenvalue weighted by Crippen LogP contribution is 2.23. The molecule has 2 aromatic rings. The average Bonchev–Trinajstić information content (AvgIpc) is 2.60. The van der Waals surface area contributed by atoms with Gasteiger partial charge in [-0.05, 0) is 50.6 Å². The van der Waals surface area contributed by atoms with Crippen LogP contribution < -0.4 is 4.90 Å². The Morgan fingerprint density at radius 2 is 1.63 bits per heavy atom. The van der Waals surface area contributed by atoms with Crippen molar-refractivity contribution in [1.82, 2.24) is 9.88 Å². The predicted molar refractivity (Wildman–Crippen MR) is 99.6 cm³/mol. The van der Waals surface area contributed by atoms with E-state index < -0.39 is 17.2 Å². The largest absolute Gasteiger partial charge is 0.444 e. The van der Waals surface area contributed by atoms with Gasteiger partial charge in [-0.15, -0.1) is 0 Å². The van der Waals surface area contributed by atoms with Crippen molar-refractivity contribution in [1.29, 1.82) is 0 Å². The smallest absolute Gasteiger partial charge is 0.410 e. The second-order valence-electron chi connectivity index (χ2n) is 7.52. The molecule has 1 saturated heterocycles. The Hall–Kier alpha value is -2.70. The summed E-state index contributed by atoms with van der Waals surface area (Å²) < 4.78 is 32.1. The number of pyridine rings is 1. The summed E-state index contributed by atoms with van der Waals surface area (Å²) in [6.07, 6.45) is 1.29. The molecule has 0 unspecified atom stereocenters. The van der Waals surface area contributed by atoms with Crippen LogP contribution in [0.2, 0.25) is 0 Å². The Labute approximate surface area is 157 Å². The van der Waals surface area contributed by atoms with E-state index in [0.29, 0.717) is 37.3 Å². The van der Waals surface area contributed by atoms with Crippen molar-refractivity contribution >= 4 is 11.9 Å². The van der Waals surface area contributed by atoms with Gasteiger partial charge >= 0.3 is 6.09 Å². The number of carbonyl (C=O) groups is 1. The maximum atomic E-state index is 13.4. The molecule has 1 aromatic carbocycles. The van der Waals surface area contributed by atoms with Gasteiger partial charge in [0.1, 0.15) is 23.1 Å². The van der Waals surface area contributed by atoms with Crippen LogP contribution in [0.1, 0.15) is 20.8 Å². The molecular formula is C20H23F2N3O2. The van der Waals surface area contributed by atoms with E-state index in [1.807, 2.05) is 26.8 Å². The number of amides is 1. The monoisotopic (exact) mass is 375 g/mol. The molecular weight excluding hydrogens is 352 g/mol. The highest BCUT2D eigenvalue weighted by molar-refractivity contribution is 5.69. The first kappa shape index (κ1) is 19.1. The number of halogens is 2. The summed E-state index contributed by atoms with van der Waals surface area (Å²) in [6, 6.07) is 7.01. The Kier molecular flexibility index (Phi) is 5.30. The van der Waals surface area contributed by atoms with E-state index in [0.717, 1.165) is 11.9 Å². The minimum atomic E-state index is -0.618. The third-order valence-electron chi connectivity index (χ3n) is 4.20. The second kappa shape index (κ2) is 7.50. The molecule has 7 heteroatoms. The van der Waals surface area contributed by atoms with Gasteiger partial charge in [-0.25, -0.2) is 18.6 Å². The molecule has 1 aliphatic rings. The number of hydrogen-bond acceptors (Lipinski definition) is 4. The summed E-state index contributed by atoms with van der Waals surface area (Å²) in [5, 5.41) is 0. The van der Waals surface area contributed by atoms with Crippen molar-refractivity contribution in [3.63, 3.8) is 0 Å². The van der Waals surface area contributed by atoms with E-state index >= 15 is 0 Å². The lowest BCUT2D eigenvalue weighted by Gasteiger charge is -2.36. The molecule has 27 heavy (non-hydrogen) atoms. The van der Waals surface area contributed by atoms with Gasteiger partial charge in [-0.3, -0.25) is 0 Å². The minimum Gasteiger partial charge on any atom is -0.444 e. The van der Waals surface area contributed by atoms with Crippen LogP contribution in [-0.4, -0.2) is 47.8 Å². The molecule has 3 rings (SSSR count). The summed E-state index contributed by atoms with van der Waals surface area (Å²) in [5.41, 5.74) is 0.577. The van der Waals surface area contributed by atoms with Crippen molar-refractivity contribution in [3.8, 4) is 11.1 Å². The topological polar surface area (TPSA) is 45.7 Å². The van der Waals surface area contributed by atoms with Crippen LogP contribution in [0, 0.1) is 11.6 Å². The number of anilines is 1. The summed E-state index contributed by atoms with van der Waals surface area (Å²) >= 11 is 0. The Morgan fingerprint density at radius 3 is 2.15 bits per heavy atom. The molecule has 0 radical (unpaired) electrons. The van der Waals surface area contributed by atoms with E-state index in [2.05, 4.69) is 9.88 Å². The molecule has 1 fully saturated rings. The third kappa shape index (κ3) is 4.93. The average molecular weight is 375 g/mol. The highest BCUT2D eigenvalue weighted by Gasteiger charge is 2.26. The molecule has 0 N–H and O–H groups in total. The van der Waals surface area contributed by atoms with Gasteiger partial charge in [0.15, 0.2) is 0 Å². The van der Waals surface area contributed by atoms with E-state index in [1.165, 1.54) is 12.1 Å². The van der Waals surface area contributed by atoms with Crippen LogP contribution in [-0.2, 0) is 4.74 Å². The number of ether oxygens (including phenoxy) is 1. The summed E-state index contributed by atoms with van der Waals surface area (Å²) in [4.78, 5) is 20.3. The lowest BCUT2D eigenvalue weighted by atomic mass is 10.1. The van der Waals surface area contributed by atoms with Crippen molar-refractivity contribution < 1.29 is 18.3 Å². The molecule has 1 aromatic heterocycles. The van der Waals surface area contributed by atoms with E-state index in [9.17, 15) is 13.6 Å². The van der Waals surface area contributed by atoms with Crippen LogP contribution >= 0.6 is 0 Å². The van der Waals surface area contributed by atoms with Crippen LogP contribution in [0.25, 0.3) is 11.1 Å². The molecule has 144 valence electrons. The second-order valence-corrected chi connectivity index (χ2v) is 7.52. The normalized spacial score (nSPS) is 15.0. The Morgan fingerprint density at radius 1 is 1.00 bits per heavy atom. The number of aromatic nitrogens is 1. The van der Waals surface area contributed by atoms with Gasteiger partial charge < -0.3 is 14.5 Å². The lowest BCUT2D eigenvalue weighted by Crippen LogP contribution is -2.50. The number of benzene rings is 1. The van der Waals surface area contributed by atoms with Gasteiger partial charge in [-0.1, -0.05) is 0 Å². The zero-order valence-electron chi connectivity index (χ0n) is 15.7. The molecule has 0 atom stereocenters. The fourth-order valence-electron chi connectivity index (χ4n) is 2.91. The Balaban J connectivity index is 1.63. The summed E-state index contributed by atoms with van der Waals surface area (Å²) in [6.45, 7) is 7.91. The number of hydrogen-bond donors (Lipinski definition) is 0. The zero-order valence-corrected chi connectivity index (χ0v) is 15.7. The summed E-state index contributed by atoms with van der Waals surface area (Å²) in [5.74, 6) is -0.473. The number of rotatable bonds is 2. The van der Waals surface area contributed by atoms with Crippen molar-refractivity contribution in [3.05, 3.63) is 48.2 Å². The molecule has 5 nitrogen and oxygen atoms in total. The van der Waals surface area contributed by atoms with Gasteiger partial charge in [0, 0.05) is 44.0 Å². The fourth-order valence-corrected chi connectivity index (χ4v) is 2.91. The van der Waals surface area contributed by atoms with E-state index in [4.69, 9.17) is 4.74 Å². The Bertz CT molecular complexity index is 791. The first-order valence-electron chi connectivity index (χ1n) is 8.87. The quantitative estimate of drug-likeness (QED) is 0.793. The molecule has 0 saturated carbocycles. The van der Waals surface area contributed by atoms with Crippen LogP contribution in [0.15, 0.2) is 36.5 Å².